The lowest BCUT2D eigenvalue weighted by atomic mass is 9.74. The topological polar surface area (TPSA) is 117 Å². The maximum Gasteiger partial charge on any atom is 0.283 e. The van der Waals surface area contributed by atoms with Crippen molar-refractivity contribution in [2.24, 2.45) is 16.6 Å². The quantitative estimate of drug-likeness (QED) is 0.718. The second-order valence-electron chi connectivity index (χ2n) is 8.00. The van der Waals surface area contributed by atoms with E-state index in [-0.39, 0.29) is 29.6 Å². The minimum absolute atomic E-state index is 0.0373. The van der Waals surface area contributed by atoms with Crippen molar-refractivity contribution in [2.45, 2.75) is 18.1 Å². The summed E-state index contributed by atoms with van der Waals surface area (Å²) in [4.78, 5) is 21.1. The Morgan fingerprint density at radius 3 is 2.85 bits per heavy atom. The fraction of sp³-hybridized carbons (Fsp3) is 0.409. The number of rotatable bonds is 4. The molecule has 0 unspecified atom stereocenters. The maximum absolute atomic E-state index is 15.0. The Hall–Kier alpha value is -3.47. The number of carbonyl (C=O) groups excluding carboxylic acids is 1. The molecule has 0 bridgehead atoms. The first-order chi connectivity index (χ1) is 16.0. The number of amidine groups is 1. The van der Waals surface area contributed by atoms with E-state index in [1.54, 1.807) is 0 Å². The van der Waals surface area contributed by atoms with Gasteiger partial charge in [0.1, 0.15) is 43.0 Å². The van der Waals surface area contributed by atoms with Crippen LogP contribution in [0, 0.1) is 11.7 Å². The molecule has 0 saturated carbocycles. The van der Waals surface area contributed by atoms with Crippen molar-refractivity contribution in [3.05, 3.63) is 47.5 Å². The zero-order valence-corrected chi connectivity index (χ0v) is 17.6. The Bertz CT molecular complexity index is 1110. The van der Waals surface area contributed by atoms with Gasteiger partial charge in [-0.05, 0) is 18.2 Å². The van der Waals surface area contributed by atoms with Crippen LogP contribution in [-0.4, -0.2) is 56.1 Å². The van der Waals surface area contributed by atoms with Gasteiger partial charge in [0.2, 0.25) is 0 Å². The van der Waals surface area contributed by atoms with E-state index in [2.05, 4.69) is 15.3 Å². The van der Waals surface area contributed by atoms with Crippen LogP contribution in [0.4, 0.5) is 14.5 Å². The van der Waals surface area contributed by atoms with E-state index in [1.807, 2.05) is 0 Å². The monoisotopic (exact) mass is 460 g/mol. The summed E-state index contributed by atoms with van der Waals surface area (Å²) in [5.41, 5.74) is 4.49. The Kier molecular flexibility index (Phi) is 5.49. The molecular formula is C22H22F2N4O5. The molecule has 5 rings (SSSR count). The number of amides is 1. The molecule has 3 N–H and O–H groups in total. The lowest BCUT2D eigenvalue weighted by Crippen LogP contribution is -2.54. The van der Waals surface area contributed by atoms with Gasteiger partial charge in [0.05, 0.1) is 25.3 Å². The highest BCUT2D eigenvalue weighted by Crippen LogP contribution is 2.44. The van der Waals surface area contributed by atoms with E-state index in [0.29, 0.717) is 37.7 Å². The van der Waals surface area contributed by atoms with Crippen LogP contribution in [-0.2, 0) is 15.0 Å². The van der Waals surface area contributed by atoms with E-state index in [1.165, 1.54) is 24.4 Å². The van der Waals surface area contributed by atoms with Gasteiger partial charge in [-0.2, -0.15) is 0 Å². The molecule has 1 aromatic heterocycles. The number of ether oxygens (including phenoxy) is 4. The molecule has 4 heterocycles. The first kappa shape index (κ1) is 21.4. The SMILES string of the molecule is NC1=N[C@](CF)(c2cc(NC(=O)c3cc4c(cn3)OCCO4)ccc2F)[C@H]2COCC[C@H]2O1. The van der Waals surface area contributed by atoms with Crippen LogP contribution in [0.5, 0.6) is 11.5 Å². The Morgan fingerprint density at radius 2 is 2.03 bits per heavy atom. The Morgan fingerprint density at radius 1 is 1.21 bits per heavy atom. The summed E-state index contributed by atoms with van der Waals surface area (Å²) < 4.78 is 51.6. The van der Waals surface area contributed by atoms with Crippen LogP contribution in [0.3, 0.4) is 0 Å². The lowest BCUT2D eigenvalue weighted by Gasteiger charge is -2.45. The number of pyridine rings is 1. The number of halogens is 2. The number of aliphatic imine (C=N–C) groups is 1. The Balaban J connectivity index is 1.46. The number of hydrogen-bond acceptors (Lipinski definition) is 8. The van der Waals surface area contributed by atoms with Gasteiger partial charge in [-0.15, -0.1) is 0 Å². The van der Waals surface area contributed by atoms with Gasteiger partial charge >= 0.3 is 0 Å². The second-order valence-corrected chi connectivity index (χ2v) is 8.00. The third-order valence-corrected chi connectivity index (χ3v) is 6.05. The van der Waals surface area contributed by atoms with Crippen molar-refractivity contribution in [3.8, 4) is 11.5 Å². The standard InChI is InChI=1S/C22H22F2N4O5/c23-11-22(14-10-30-4-3-17(14)33-21(25)28-22)13-7-12(1-2-15(13)24)27-20(29)16-8-18-19(9-26-16)32-6-5-31-18/h1-2,7-9,14,17H,3-6,10-11H2,(H2,25,28)(H,27,29)/t14-,17+,22+/m0/s1. The lowest BCUT2D eigenvalue weighted by molar-refractivity contribution is -0.0785. The van der Waals surface area contributed by atoms with Crippen molar-refractivity contribution in [3.63, 3.8) is 0 Å². The number of fused-ring (bicyclic) bond motifs is 2. The molecule has 3 atom stereocenters. The third-order valence-electron chi connectivity index (χ3n) is 6.05. The minimum Gasteiger partial charge on any atom is -0.486 e. The van der Waals surface area contributed by atoms with Gasteiger partial charge in [-0.1, -0.05) is 0 Å². The van der Waals surface area contributed by atoms with Crippen LogP contribution in [0.1, 0.15) is 22.5 Å². The highest BCUT2D eigenvalue weighted by molar-refractivity contribution is 6.03. The molecule has 1 aromatic carbocycles. The molecule has 11 heteroatoms. The average Bonchev–Trinajstić information content (AvgIpc) is 2.84. The molecule has 3 aliphatic rings. The van der Waals surface area contributed by atoms with Crippen LogP contribution in [0.25, 0.3) is 0 Å². The molecule has 0 aliphatic carbocycles. The van der Waals surface area contributed by atoms with E-state index in [4.69, 9.17) is 24.7 Å². The van der Waals surface area contributed by atoms with Crippen molar-refractivity contribution < 1.29 is 32.5 Å². The molecule has 1 saturated heterocycles. The molecule has 0 radical (unpaired) electrons. The maximum atomic E-state index is 15.0. The second kappa shape index (κ2) is 8.47. The molecule has 0 spiro atoms. The van der Waals surface area contributed by atoms with E-state index >= 15 is 4.39 Å². The number of carbonyl (C=O) groups is 1. The first-order valence-electron chi connectivity index (χ1n) is 10.5. The van der Waals surface area contributed by atoms with Gasteiger partial charge in [0.15, 0.2) is 11.5 Å². The molecule has 174 valence electrons. The summed E-state index contributed by atoms with van der Waals surface area (Å²) in [6, 6.07) is 5.15. The molecule has 1 fully saturated rings. The normalized spacial score (nSPS) is 25.9. The summed E-state index contributed by atoms with van der Waals surface area (Å²) in [6.45, 7) is 0.323. The number of aromatic nitrogens is 1. The number of alkyl halides is 1. The summed E-state index contributed by atoms with van der Waals surface area (Å²) >= 11 is 0. The number of benzene rings is 1. The van der Waals surface area contributed by atoms with Gasteiger partial charge in [-0.3, -0.25) is 4.79 Å². The number of nitrogens with zero attached hydrogens (tertiary/aromatic N) is 2. The summed E-state index contributed by atoms with van der Waals surface area (Å²) in [7, 11) is 0. The minimum atomic E-state index is -1.63. The fourth-order valence-electron chi connectivity index (χ4n) is 4.43. The summed E-state index contributed by atoms with van der Waals surface area (Å²) in [5, 5.41) is 2.67. The Labute approximate surface area is 187 Å². The third kappa shape index (κ3) is 3.82. The largest absolute Gasteiger partial charge is 0.486 e. The molecular weight excluding hydrogens is 438 g/mol. The van der Waals surface area contributed by atoms with E-state index in [0.717, 1.165) is 6.07 Å². The number of nitrogens with two attached hydrogens (primary N) is 1. The zero-order valence-electron chi connectivity index (χ0n) is 17.6. The van der Waals surface area contributed by atoms with E-state index in [9.17, 15) is 9.18 Å². The van der Waals surface area contributed by atoms with Gasteiger partial charge < -0.3 is 30.0 Å². The molecule has 1 amide bonds. The highest BCUT2D eigenvalue weighted by atomic mass is 19.1. The van der Waals surface area contributed by atoms with Gasteiger partial charge in [0, 0.05) is 23.7 Å². The summed E-state index contributed by atoms with van der Waals surface area (Å²) in [6.07, 6.45) is 1.43. The summed E-state index contributed by atoms with van der Waals surface area (Å²) in [5.74, 6) is -0.944. The predicted molar refractivity (Wildman–Crippen MR) is 113 cm³/mol. The van der Waals surface area contributed by atoms with Gasteiger partial charge in [-0.25, -0.2) is 18.8 Å². The molecule has 33 heavy (non-hydrogen) atoms. The van der Waals surface area contributed by atoms with Crippen LogP contribution in [0.15, 0.2) is 35.5 Å². The number of hydrogen-bond donors (Lipinski definition) is 2. The molecule has 9 nitrogen and oxygen atoms in total. The van der Waals surface area contributed by atoms with Gasteiger partial charge in [0.25, 0.3) is 11.9 Å². The molecule has 3 aliphatic heterocycles. The van der Waals surface area contributed by atoms with Crippen molar-refractivity contribution >= 4 is 17.6 Å². The van der Waals surface area contributed by atoms with Crippen molar-refractivity contribution in [1.29, 1.82) is 0 Å². The number of anilines is 1. The fourth-order valence-corrected chi connectivity index (χ4v) is 4.43. The van der Waals surface area contributed by atoms with Crippen LogP contribution >= 0.6 is 0 Å². The first-order valence-corrected chi connectivity index (χ1v) is 10.5. The van der Waals surface area contributed by atoms with Crippen molar-refractivity contribution in [2.75, 3.05) is 38.4 Å². The average molecular weight is 460 g/mol. The van der Waals surface area contributed by atoms with Crippen LogP contribution < -0.4 is 20.5 Å². The molecule has 2 aromatic rings. The van der Waals surface area contributed by atoms with E-state index < -0.39 is 36.0 Å². The number of nitrogens with one attached hydrogen (secondary N) is 1. The smallest absolute Gasteiger partial charge is 0.283 e. The predicted octanol–water partition coefficient (Wildman–Crippen LogP) is 2.16. The zero-order chi connectivity index (χ0) is 23.0. The highest BCUT2D eigenvalue weighted by Gasteiger charge is 2.52. The van der Waals surface area contributed by atoms with Crippen LogP contribution in [0.2, 0.25) is 0 Å². The van der Waals surface area contributed by atoms with Crippen molar-refractivity contribution in [1.82, 2.24) is 4.98 Å².